The van der Waals surface area contributed by atoms with Crippen LogP contribution in [0.5, 0.6) is 5.75 Å². The average molecular weight is 224 g/mol. The van der Waals surface area contributed by atoms with Crippen LogP contribution in [-0.4, -0.2) is 17.6 Å². The fourth-order valence-corrected chi connectivity index (χ4v) is 1.48. The molecule has 5 heteroatoms. The van der Waals surface area contributed by atoms with Crippen molar-refractivity contribution in [2.75, 3.05) is 6.61 Å². The Kier molecular flexibility index (Phi) is 4.25. The zero-order valence-electron chi connectivity index (χ0n) is 9.47. The highest BCUT2D eigenvalue weighted by Crippen LogP contribution is 2.28. The zero-order chi connectivity index (χ0) is 12.1. The minimum absolute atomic E-state index is 0.000000000000000222. The van der Waals surface area contributed by atoms with E-state index in [0.29, 0.717) is 18.8 Å². The van der Waals surface area contributed by atoms with E-state index in [2.05, 4.69) is 0 Å². The molecule has 0 saturated carbocycles. The van der Waals surface area contributed by atoms with Gasteiger partial charge in [0.1, 0.15) is 0 Å². The summed E-state index contributed by atoms with van der Waals surface area (Å²) < 4.78 is 5.19. The van der Waals surface area contributed by atoms with Gasteiger partial charge in [0.05, 0.1) is 11.5 Å². The molecule has 0 heterocycles. The number of nitrogens with two attached hydrogens (primary N) is 1. The third-order valence-electron chi connectivity index (χ3n) is 2.08. The summed E-state index contributed by atoms with van der Waals surface area (Å²) >= 11 is 0. The summed E-state index contributed by atoms with van der Waals surface area (Å²) in [6.07, 6.45) is 0.618. The van der Waals surface area contributed by atoms with Crippen LogP contribution in [0.15, 0.2) is 18.2 Å². The van der Waals surface area contributed by atoms with E-state index >= 15 is 0 Å². The molecule has 1 unspecified atom stereocenters. The second kappa shape index (κ2) is 5.46. The summed E-state index contributed by atoms with van der Waals surface area (Å²) in [5.41, 5.74) is 6.50. The SMILES string of the molecule is CCOc1ccc(CC(C)N)cc1[N+](=O)[O-]. The molecule has 1 rings (SSSR count). The lowest BCUT2D eigenvalue weighted by atomic mass is 10.1. The van der Waals surface area contributed by atoms with Crippen LogP contribution < -0.4 is 10.5 Å². The molecule has 0 spiro atoms. The topological polar surface area (TPSA) is 78.4 Å². The highest BCUT2D eigenvalue weighted by atomic mass is 16.6. The molecule has 1 aromatic carbocycles. The van der Waals surface area contributed by atoms with Gasteiger partial charge in [-0.25, -0.2) is 0 Å². The van der Waals surface area contributed by atoms with Crippen molar-refractivity contribution in [3.05, 3.63) is 33.9 Å². The van der Waals surface area contributed by atoms with Crippen LogP contribution in [-0.2, 0) is 6.42 Å². The molecule has 0 bridgehead atoms. The second-order valence-electron chi connectivity index (χ2n) is 3.67. The minimum Gasteiger partial charge on any atom is -0.487 e. The highest BCUT2D eigenvalue weighted by molar-refractivity contribution is 5.48. The van der Waals surface area contributed by atoms with Crippen LogP contribution in [0.4, 0.5) is 5.69 Å². The maximum Gasteiger partial charge on any atom is 0.311 e. The third kappa shape index (κ3) is 3.20. The summed E-state index contributed by atoms with van der Waals surface area (Å²) in [6.45, 7) is 4.06. The first-order valence-electron chi connectivity index (χ1n) is 5.20. The quantitative estimate of drug-likeness (QED) is 0.611. The highest BCUT2D eigenvalue weighted by Gasteiger charge is 2.15. The van der Waals surface area contributed by atoms with Crippen LogP contribution in [0, 0.1) is 10.1 Å². The Morgan fingerprint density at radius 2 is 2.25 bits per heavy atom. The van der Waals surface area contributed by atoms with Crippen LogP contribution in [0.25, 0.3) is 0 Å². The molecule has 88 valence electrons. The normalized spacial score (nSPS) is 12.2. The molecule has 5 nitrogen and oxygen atoms in total. The lowest BCUT2D eigenvalue weighted by Gasteiger charge is -2.08. The van der Waals surface area contributed by atoms with Gasteiger partial charge in [-0.1, -0.05) is 6.07 Å². The number of nitro benzene ring substituents is 1. The molecule has 2 N–H and O–H groups in total. The molecule has 0 radical (unpaired) electrons. The predicted octanol–water partition coefficient (Wildman–Crippen LogP) is 1.88. The first-order chi connectivity index (χ1) is 7.54. The Balaban J connectivity index is 3.02. The Hall–Kier alpha value is -1.62. The number of ether oxygens (including phenoxy) is 1. The zero-order valence-corrected chi connectivity index (χ0v) is 9.47. The maximum absolute atomic E-state index is 10.8. The van der Waals surface area contributed by atoms with E-state index in [4.69, 9.17) is 10.5 Å². The first-order valence-corrected chi connectivity index (χ1v) is 5.20. The van der Waals surface area contributed by atoms with Gasteiger partial charge in [0.15, 0.2) is 5.75 Å². The molecule has 0 aromatic heterocycles. The number of hydrogen-bond acceptors (Lipinski definition) is 4. The Labute approximate surface area is 94.4 Å². The van der Waals surface area contributed by atoms with Crippen molar-refractivity contribution in [3.8, 4) is 5.75 Å². The van der Waals surface area contributed by atoms with Crippen molar-refractivity contribution in [1.29, 1.82) is 0 Å². The van der Waals surface area contributed by atoms with Gasteiger partial charge >= 0.3 is 5.69 Å². The number of nitro groups is 1. The lowest BCUT2D eigenvalue weighted by molar-refractivity contribution is -0.385. The molecular weight excluding hydrogens is 208 g/mol. The molecule has 0 aliphatic heterocycles. The molecule has 0 fully saturated rings. The van der Waals surface area contributed by atoms with E-state index in [1.807, 2.05) is 6.92 Å². The van der Waals surface area contributed by atoms with Gasteiger partial charge in [-0.3, -0.25) is 10.1 Å². The van der Waals surface area contributed by atoms with Gasteiger partial charge in [0.2, 0.25) is 0 Å². The van der Waals surface area contributed by atoms with Gasteiger partial charge in [-0.2, -0.15) is 0 Å². The Morgan fingerprint density at radius 1 is 1.56 bits per heavy atom. The fraction of sp³-hybridized carbons (Fsp3) is 0.455. The van der Waals surface area contributed by atoms with Crippen molar-refractivity contribution >= 4 is 5.69 Å². The average Bonchev–Trinajstić information content (AvgIpc) is 2.19. The molecular formula is C11H16N2O3. The van der Waals surface area contributed by atoms with E-state index in [1.165, 1.54) is 6.07 Å². The largest absolute Gasteiger partial charge is 0.487 e. The molecule has 1 aromatic rings. The van der Waals surface area contributed by atoms with Gasteiger partial charge in [-0.15, -0.1) is 0 Å². The van der Waals surface area contributed by atoms with Gasteiger partial charge in [-0.05, 0) is 31.9 Å². The summed E-state index contributed by atoms with van der Waals surface area (Å²) in [5.74, 6) is 0.306. The van der Waals surface area contributed by atoms with Crippen molar-refractivity contribution in [2.24, 2.45) is 5.73 Å². The van der Waals surface area contributed by atoms with Crippen LogP contribution >= 0.6 is 0 Å². The third-order valence-corrected chi connectivity index (χ3v) is 2.08. The van der Waals surface area contributed by atoms with E-state index in [9.17, 15) is 10.1 Å². The molecule has 16 heavy (non-hydrogen) atoms. The van der Waals surface area contributed by atoms with E-state index in [1.54, 1.807) is 19.1 Å². The molecule has 1 atom stereocenters. The van der Waals surface area contributed by atoms with Crippen molar-refractivity contribution < 1.29 is 9.66 Å². The summed E-state index contributed by atoms with van der Waals surface area (Å²) in [7, 11) is 0. The molecule has 0 amide bonds. The summed E-state index contributed by atoms with van der Waals surface area (Å²) in [5, 5.41) is 10.8. The van der Waals surface area contributed by atoms with E-state index < -0.39 is 4.92 Å². The van der Waals surface area contributed by atoms with Gasteiger partial charge in [0, 0.05) is 12.1 Å². The van der Waals surface area contributed by atoms with E-state index in [-0.39, 0.29) is 11.7 Å². The van der Waals surface area contributed by atoms with Crippen molar-refractivity contribution in [1.82, 2.24) is 0 Å². The number of rotatable bonds is 5. The number of benzene rings is 1. The summed E-state index contributed by atoms with van der Waals surface area (Å²) in [4.78, 5) is 10.4. The molecule has 0 aliphatic carbocycles. The van der Waals surface area contributed by atoms with Gasteiger partial charge in [0.25, 0.3) is 0 Å². The fourth-order valence-electron chi connectivity index (χ4n) is 1.48. The lowest BCUT2D eigenvalue weighted by Crippen LogP contribution is -2.17. The second-order valence-corrected chi connectivity index (χ2v) is 3.67. The van der Waals surface area contributed by atoms with Crippen molar-refractivity contribution in [2.45, 2.75) is 26.3 Å². The van der Waals surface area contributed by atoms with Crippen LogP contribution in [0.1, 0.15) is 19.4 Å². The standard InChI is InChI=1S/C11H16N2O3/c1-3-16-11-5-4-9(6-8(2)12)7-10(11)13(14)15/h4-5,7-8H,3,6,12H2,1-2H3. The smallest absolute Gasteiger partial charge is 0.311 e. The Bertz CT molecular complexity index is 377. The molecule has 0 saturated heterocycles. The number of nitrogens with zero attached hydrogens (tertiary/aromatic N) is 1. The first kappa shape index (κ1) is 12.4. The van der Waals surface area contributed by atoms with E-state index in [0.717, 1.165) is 5.56 Å². The Morgan fingerprint density at radius 3 is 2.75 bits per heavy atom. The van der Waals surface area contributed by atoms with Crippen LogP contribution in [0.3, 0.4) is 0 Å². The predicted molar refractivity (Wildman–Crippen MR) is 61.6 cm³/mol. The summed E-state index contributed by atoms with van der Waals surface area (Å²) in [6, 6.07) is 4.94. The van der Waals surface area contributed by atoms with Gasteiger partial charge < -0.3 is 10.5 Å². The van der Waals surface area contributed by atoms with Crippen LogP contribution in [0.2, 0.25) is 0 Å². The molecule has 0 aliphatic rings. The number of hydrogen-bond donors (Lipinski definition) is 1. The monoisotopic (exact) mass is 224 g/mol. The minimum atomic E-state index is -0.435. The maximum atomic E-state index is 10.8. The van der Waals surface area contributed by atoms with Crippen molar-refractivity contribution in [3.63, 3.8) is 0 Å².